The molecule has 3 heteroatoms. The first kappa shape index (κ1) is 11.6. The second kappa shape index (κ2) is 4.95. The van der Waals surface area contributed by atoms with E-state index in [4.69, 9.17) is 15.9 Å². The summed E-state index contributed by atoms with van der Waals surface area (Å²) in [5.74, 6) is 0. The molecular formula is C15H9N3. The molecule has 0 amide bonds. The summed E-state index contributed by atoms with van der Waals surface area (Å²) in [5.41, 5.74) is 3.03. The summed E-state index contributed by atoms with van der Waals surface area (Å²) < 4.78 is 0. The van der Waals surface area contributed by atoms with Crippen molar-refractivity contribution in [1.29, 1.82) is 15.9 Å². The lowest BCUT2D eigenvalue weighted by atomic mass is 10.0. The second-order valence-corrected chi connectivity index (χ2v) is 3.75. The molecule has 0 heterocycles. The van der Waals surface area contributed by atoms with E-state index in [2.05, 4.69) is 0 Å². The van der Waals surface area contributed by atoms with Crippen molar-refractivity contribution in [2.24, 2.45) is 0 Å². The largest absolute Gasteiger partial charge is 0.300 e. The zero-order chi connectivity index (χ0) is 13.0. The van der Waals surface area contributed by atoms with Crippen LogP contribution in [-0.4, -0.2) is 5.71 Å². The Morgan fingerprint density at radius 3 is 1.33 bits per heavy atom. The fourth-order valence-corrected chi connectivity index (χ4v) is 1.59. The molecule has 2 aromatic rings. The van der Waals surface area contributed by atoms with Crippen LogP contribution in [0.3, 0.4) is 0 Å². The lowest BCUT2D eigenvalue weighted by molar-refractivity contribution is 1.43. The van der Waals surface area contributed by atoms with Crippen molar-refractivity contribution < 1.29 is 0 Å². The third-order valence-corrected chi connectivity index (χ3v) is 2.61. The highest BCUT2D eigenvalue weighted by Gasteiger charge is 2.04. The Hall–Kier alpha value is -2.91. The van der Waals surface area contributed by atoms with Gasteiger partial charge in [0, 0.05) is 11.1 Å². The van der Waals surface area contributed by atoms with Crippen molar-refractivity contribution in [3.8, 4) is 12.1 Å². The van der Waals surface area contributed by atoms with Crippen molar-refractivity contribution >= 4 is 5.71 Å². The number of benzene rings is 2. The number of rotatable bonds is 2. The van der Waals surface area contributed by atoms with E-state index in [1.165, 1.54) is 0 Å². The minimum Gasteiger partial charge on any atom is -0.300 e. The van der Waals surface area contributed by atoms with Crippen LogP contribution in [0, 0.1) is 28.1 Å². The second-order valence-electron chi connectivity index (χ2n) is 3.75. The van der Waals surface area contributed by atoms with Gasteiger partial charge in [-0.25, -0.2) is 0 Å². The average Bonchev–Trinajstić information content (AvgIpc) is 2.47. The molecule has 0 saturated carbocycles. The van der Waals surface area contributed by atoms with Gasteiger partial charge in [0.05, 0.1) is 29.0 Å². The highest BCUT2D eigenvalue weighted by Crippen LogP contribution is 2.11. The van der Waals surface area contributed by atoms with E-state index in [0.29, 0.717) is 16.8 Å². The molecule has 2 aromatic carbocycles. The topological polar surface area (TPSA) is 71.4 Å². The fraction of sp³-hybridized carbons (Fsp3) is 0. The average molecular weight is 231 g/mol. The predicted molar refractivity (Wildman–Crippen MR) is 68.2 cm³/mol. The first-order valence-corrected chi connectivity index (χ1v) is 5.34. The molecule has 0 aromatic heterocycles. The minimum absolute atomic E-state index is 0.379. The van der Waals surface area contributed by atoms with Gasteiger partial charge in [-0.05, 0) is 24.3 Å². The highest BCUT2D eigenvalue weighted by atomic mass is 14.4. The Morgan fingerprint density at radius 2 is 1.06 bits per heavy atom. The zero-order valence-electron chi connectivity index (χ0n) is 9.51. The van der Waals surface area contributed by atoms with Crippen molar-refractivity contribution in [2.45, 2.75) is 0 Å². The van der Waals surface area contributed by atoms with Crippen molar-refractivity contribution in [1.82, 2.24) is 0 Å². The summed E-state index contributed by atoms with van der Waals surface area (Å²) in [4.78, 5) is 0. The molecule has 0 spiro atoms. The van der Waals surface area contributed by atoms with Gasteiger partial charge in [-0.1, -0.05) is 24.3 Å². The van der Waals surface area contributed by atoms with Crippen LogP contribution in [0.1, 0.15) is 22.3 Å². The van der Waals surface area contributed by atoms with E-state index in [1.807, 2.05) is 12.1 Å². The van der Waals surface area contributed by atoms with Gasteiger partial charge >= 0.3 is 0 Å². The Morgan fingerprint density at radius 1 is 0.722 bits per heavy atom. The van der Waals surface area contributed by atoms with Gasteiger partial charge in [-0.3, -0.25) is 5.41 Å². The Labute approximate surface area is 105 Å². The molecule has 0 saturated heterocycles. The first-order valence-electron chi connectivity index (χ1n) is 5.34. The highest BCUT2D eigenvalue weighted by molar-refractivity contribution is 6.10. The Balaban J connectivity index is 2.30. The number of nitrogens with one attached hydrogen (secondary N) is 1. The van der Waals surface area contributed by atoms with Crippen LogP contribution in [0.15, 0.2) is 48.5 Å². The molecule has 84 valence electrons. The summed E-state index contributed by atoms with van der Waals surface area (Å²) in [6, 6.07) is 17.8. The summed E-state index contributed by atoms with van der Waals surface area (Å²) in [5, 5.41) is 25.5. The monoisotopic (exact) mass is 231 g/mol. The maximum atomic E-state index is 8.71. The molecule has 0 unspecified atom stereocenters. The van der Waals surface area contributed by atoms with Crippen LogP contribution in [0.25, 0.3) is 0 Å². The lowest BCUT2D eigenvalue weighted by Gasteiger charge is -2.04. The molecule has 0 atom stereocenters. The number of hydrogen-bond acceptors (Lipinski definition) is 3. The molecule has 2 rings (SSSR count). The normalized spacial score (nSPS) is 9.22. The van der Waals surface area contributed by atoms with Gasteiger partial charge in [0.25, 0.3) is 0 Å². The van der Waals surface area contributed by atoms with Gasteiger partial charge < -0.3 is 0 Å². The molecule has 0 fully saturated rings. The SMILES string of the molecule is N#Cc1ccc(C(=N)c2ccc(C#N)cc2)cc1. The zero-order valence-corrected chi connectivity index (χ0v) is 9.51. The quantitative estimate of drug-likeness (QED) is 0.807. The molecule has 0 radical (unpaired) electrons. The number of nitrogens with zero attached hydrogens (tertiary/aromatic N) is 2. The summed E-state index contributed by atoms with van der Waals surface area (Å²) in [6.45, 7) is 0. The lowest BCUT2D eigenvalue weighted by Crippen LogP contribution is -2.01. The summed E-state index contributed by atoms with van der Waals surface area (Å²) in [6.07, 6.45) is 0. The van der Waals surface area contributed by atoms with E-state index in [-0.39, 0.29) is 0 Å². The molecule has 18 heavy (non-hydrogen) atoms. The molecular weight excluding hydrogens is 222 g/mol. The summed E-state index contributed by atoms with van der Waals surface area (Å²) >= 11 is 0. The van der Waals surface area contributed by atoms with Crippen LogP contribution < -0.4 is 0 Å². The van der Waals surface area contributed by atoms with Crippen LogP contribution in [0.2, 0.25) is 0 Å². The van der Waals surface area contributed by atoms with E-state index in [0.717, 1.165) is 11.1 Å². The maximum Gasteiger partial charge on any atom is 0.0991 e. The van der Waals surface area contributed by atoms with Crippen molar-refractivity contribution in [2.75, 3.05) is 0 Å². The predicted octanol–water partition coefficient (Wildman–Crippen LogP) is 2.85. The van der Waals surface area contributed by atoms with Gasteiger partial charge in [-0.15, -0.1) is 0 Å². The molecule has 1 N–H and O–H groups in total. The van der Waals surface area contributed by atoms with Crippen molar-refractivity contribution in [3.63, 3.8) is 0 Å². The van der Waals surface area contributed by atoms with Gasteiger partial charge in [0.2, 0.25) is 0 Å². The Kier molecular flexibility index (Phi) is 3.18. The molecule has 0 aliphatic carbocycles. The van der Waals surface area contributed by atoms with Crippen LogP contribution in [-0.2, 0) is 0 Å². The fourth-order valence-electron chi connectivity index (χ4n) is 1.59. The van der Waals surface area contributed by atoms with E-state index in [1.54, 1.807) is 48.5 Å². The molecule has 0 aliphatic rings. The molecule has 0 bridgehead atoms. The van der Waals surface area contributed by atoms with Gasteiger partial charge in [-0.2, -0.15) is 10.5 Å². The number of nitriles is 2. The third-order valence-electron chi connectivity index (χ3n) is 2.61. The minimum atomic E-state index is 0.379. The standard InChI is InChI=1S/C15H9N3/c16-9-11-1-5-13(6-2-11)15(18)14-7-3-12(10-17)4-8-14/h1-8,18H. The smallest absolute Gasteiger partial charge is 0.0991 e. The van der Waals surface area contributed by atoms with Crippen LogP contribution in [0.5, 0.6) is 0 Å². The number of hydrogen-bond donors (Lipinski definition) is 1. The van der Waals surface area contributed by atoms with Crippen LogP contribution >= 0.6 is 0 Å². The van der Waals surface area contributed by atoms with Gasteiger partial charge in [0.15, 0.2) is 0 Å². The van der Waals surface area contributed by atoms with E-state index < -0.39 is 0 Å². The molecule has 0 aliphatic heterocycles. The maximum absolute atomic E-state index is 8.71. The summed E-state index contributed by atoms with van der Waals surface area (Å²) in [7, 11) is 0. The Bertz CT molecular complexity index is 593. The molecule has 3 nitrogen and oxygen atoms in total. The van der Waals surface area contributed by atoms with E-state index in [9.17, 15) is 0 Å². The first-order chi connectivity index (χ1) is 8.74. The van der Waals surface area contributed by atoms with E-state index >= 15 is 0 Å². The van der Waals surface area contributed by atoms with Crippen molar-refractivity contribution in [3.05, 3.63) is 70.8 Å². The van der Waals surface area contributed by atoms with Gasteiger partial charge in [0.1, 0.15) is 0 Å². The van der Waals surface area contributed by atoms with Crippen LogP contribution in [0.4, 0.5) is 0 Å². The third kappa shape index (κ3) is 2.26.